The van der Waals surface area contributed by atoms with Crippen molar-refractivity contribution in [2.45, 2.75) is 4.90 Å². The second kappa shape index (κ2) is 7.16. The number of rotatable bonds is 6. The molecular formula is C15H15NOS2. The third-order valence-electron chi connectivity index (χ3n) is 2.50. The van der Waals surface area contributed by atoms with E-state index in [0.29, 0.717) is 11.6 Å². The summed E-state index contributed by atoms with van der Waals surface area (Å²) < 4.78 is 5.66. The van der Waals surface area contributed by atoms with Crippen LogP contribution in [0.2, 0.25) is 0 Å². The van der Waals surface area contributed by atoms with Crippen molar-refractivity contribution in [2.75, 3.05) is 12.4 Å². The lowest BCUT2D eigenvalue weighted by Gasteiger charge is -2.06. The maximum Gasteiger partial charge on any atom is 0.119 e. The molecule has 0 aliphatic carbocycles. The first kappa shape index (κ1) is 13.9. The summed E-state index contributed by atoms with van der Waals surface area (Å²) in [5.41, 5.74) is 6.40. The first-order valence-corrected chi connectivity index (χ1v) is 7.35. The van der Waals surface area contributed by atoms with Crippen LogP contribution in [0.15, 0.2) is 59.5 Å². The fraction of sp³-hybridized carbons (Fsp3) is 0.133. The highest BCUT2D eigenvalue weighted by Gasteiger charge is 1.98. The lowest BCUT2D eigenvalue weighted by atomic mass is 10.2. The first-order valence-electron chi connectivity index (χ1n) is 5.96. The van der Waals surface area contributed by atoms with E-state index in [0.717, 1.165) is 17.1 Å². The van der Waals surface area contributed by atoms with Gasteiger partial charge in [-0.2, -0.15) is 0 Å². The second-order valence-electron chi connectivity index (χ2n) is 3.90. The normalized spacial score (nSPS) is 10.1. The summed E-state index contributed by atoms with van der Waals surface area (Å²) >= 11 is 6.68. The molecule has 0 bridgehead atoms. The highest BCUT2D eigenvalue weighted by Crippen LogP contribution is 2.17. The van der Waals surface area contributed by atoms with Crippen LogP contribution in [0.25, 0.3) is 0 Å². The minimum absolute atomic E-state index is 0.409. The molecule has 0 aliphatic rings. The Hall–Kier alpha value is -1.52. The molecule has 19 heavy (non-hydrogen) atoms. The van der Waals surface area contributed by atoms with Crippen LogP contribution in [0.4, 0.5) is 0 Å². The summed E-state index contributed by atoms with van der Waals surface area (Å²) in [6.07, 6.45) is 0. The average molecular weight is 289 g/mol. The minimum atomic E-state index is 0.409. The van der Waals surface area contributed by atoms with E-state index in [-0.39, 0.29) is 0 Å². The molecule has 0 saturated carbocycles. The molecule has 0 atom stereocenters. The van der Waals surface area contributed by atoms with E-state index in [1.165, 1.54) is 4.90 Å². The molecule has 0 heterocycles. The molecule has 0 spiro atoms. The van der Waals surface area contributed by atoms with Gasteiger partial charge in [0.1, 0.15) is 10.7 Å². The molecule has 0 radical (unpaired) electrons. The van der Waals surface area contributed by atoms with E-state index in [1.807, 2.05) is 42.5 Å². The fourth-order valence-corrected chi connectivity index (χ4v) is 2.44. The maximum atomic E-state index is 5.66. The number of thioether (sulfide) groups is 1. The van der Waals surface area contributed by atoms with E-state index in [2.05, 4.69) is 12.1 Å². The molecule has 0 unspecified atom stereocenters. The zero-order chi connectivity index (χ0) is 13.5. The summed E-state index contributed by atoms with van der Waals surface area (Å²) in [6, 6.07) is 17.8. The quantitative estimate of drug-likeness (QED) is 0.501. The van der Waals surface area contributed by atoms with Crippen molar-refractivity contribution in [1.29, 1.82) is 0 Å². The Bertz CT molecular complexity index is 526. The highest BCUT2D eigenvalue weighted by molar-refractivity contribution is 7.99. The number of benzene rings is 2. The molecule has 2 nitrogen and oxygen atoms in total. The molecule has 0 saturated heterocycles. The van der Waals surface area contributed by atoms with Crippen molar-refractivity contribution in [3.05, 3.63) is 60.2 Å². The van der Waals surface area contributed by atoms with Gasteiger partial charge in [-0.3, -0.25) is 0 Å². The van der Waals surface area contributed by atoms with Gasteiger partial charge >= 0.3 is 0 Å². The Balaban J connectivity index is 1.75. The SMILES string of the molecule is NC(=S)c1ccc(OCCSc2ccccc2)cc1. The van der Waals surface area contributed by atoms with E-state index in [9.17, 15) is 0 Å². The Labute approximate surface area is 123 Å². The topological polar surface area (TPSA) is 35.2 Å². The Morgan fingerprint density at radius 1 is 1.05 bits per heavy atom. The molecular weight excluding hydrogens is 274 g/mol. The van der Waals surface area contributed by atoms with Crippen LogP contribution in [0.5, 0.6) is 5.75 Å². The van der Waals surface area contributed by atoms with Gasteiger partial charge in [0.15, 0.2) is 0 Å². The number of hydrogen-bond acceptors (Lipinski definition) is 3. The average Bonchev–Trinajstić information content (AvgIpc) is 2.45. The summed E-state index contributed by atoms with van der Waals surface area (Å²) in [6.45, 7) is 0.673. The Kier molecular flexibility index (Phi) is 5.24. The number of nitrogens with two attached hydrogens (primary N) is 1. The van der Waals surface area contributed by atoms with Crippen LogP contribution in [-0.2, 0) is 0 Å². The van der Waals surface area contributed by atoms with Crippen LogP contribution in [-0.4, -0.2) is 17.3 Å². The predicted molar refractivity (Wildman–Crippen MR) is 85.0 cm³/mol. The fourth-order valence-electron chi connectivity index (χ4n) is 1.55. The molecule has 0 amide bonds. The van der Waals surface area contributed by atoms with E-state index in [4.69, 9.17) is 22.7 Å². The smallest absolute Gasteiger partial charge is 0.119 e. The van der Waals surface area contributed by atoms with E-state index >= 15 is 0 Å². The lowest BCUT2D eigenvalue weighted by molar-refractivity contribution is 0.344. The highest BCUT2D eigenvalue weighted by atomic mass is 32.2. The van der Waals surface area contributed by atoms with Gasteiger partial charge in [-0.05, 0) is 36.4 Å². The Morgan fingerprint density at radius 2 is 1.74 bits per heavy atom. The molecule has 0 fully saturated rings. The largest absolute Gasteiger partial charge is 0.493 e. The van der Waals surface area contributed by atoms with Crippen molar-refractivity contribution in [1.82, 2.24) is 0 Å². The molecule has 2 rings (SSSR count). The maximum absolute atomic E-state index is 5.66. The first-order chi connectivity index (χ1) is 9.25. The third-order valence-corrected chi connectivity index (χ3v) is 3.71. The summed E-state index contributed by atoms with van der Waals surface area (Å²) in [7, 11) is 0. The van der Waals surface area contributed by atoms with Crippen molar-refractivity contribution in [3.8, 4) is 5.75 Å². The molecule has 2 aromatic rings. The van der Waals surface area contributed by atoms with Gasteiger partial charge in [-0.15, -0.1) is 11.8 Å². The van der Waals surface area contributed by atoms with Gasteiger partial charge in [0.05, 0.1) is 6.61 Å². The van der Waals surface area contributed by atoms with Crippen LogP contribution in [0.3, 0.4) is 0 Å². The zero-order valence-corrected chi connectivity index (χ0v) is 12.0. The summed E-state index contributed by atoms with van der Waals surface area (Å²) in [4.78, 5) is 1.67. The second-order valence-corrected chi connectivity index (χ2v) is 5.51. The summed E-state index contributed by atoms with van der Waals surface area (Å²) in [5.74, 6) is 1.76. The molecule has 0 aromatic heterocycles. The van der Waals surface area contributed by atoms with Crippen LogP contribution >= 0.6 is 24.0 Å². The van der Waals surface area contributed by atoms with Crippen molar-refractivity contribution in [2.24, 2.45) is 5.73 Å². The van der Waals surface area contributed by atoms with Gasteiger partial charge in [-0.1, -0.05) is 30.4 Å². The van der Waals surface area contributed by atoms with Crippen LogP contribution in [0.1, 0.15) is 5.56 Å². The standard InChI is InChI=1S/C15H15NOS2/c16-15(18)12-6-8-13(9-7-12)17-10-11-19-14-4-2-1-3-5-14/h1-9H,10-11H2,(H2,16,18). The summed E-state index contributed by atoms with van der Waals surface area (Å²) in [5, 5.41) is 0. The lowest BCUT2D eigenvalue weighted by Crippen LogP contribution is -2.09. The molecule has 4 heteroatoms. The van der Waals surface area contributed by atoms with Gasteiger partial charge in [0.2, 0.25) is 0 Å². The predicted octanol–water partition coefficient (Wildman–Crippen LogP) is 3.49. The number of thiocarbonyl (C=S) groups is 1. The van der Waals surface area contributed by atoms with Gasteiger partial charge in [0.25, 0.3) is 0 Å². The van der Waals surface area contributed by atoms with Gasteiger partial charge in [-0.25, -0.2) is 0 Å². The zero-order valence-electron chi connectivity index (χ0n) is 10.4. The van der Waals surface area contributed by atoms with Gasteiger partial charge < -0.3 is 10.5 Å². The van der Waals surface area contributed by atoms with E-state index in [1.54, 1.807) is 11.8 Å². The van der Waals surface area contributed by atoms with Gasteiger partial charge in [0, 0.05) is 16.2 Å². The van der Waals surface area contributed by atoms with Crippen molar-refractivity contribution in [3.63, 3.8) is 0 Å². The van der Waals surface area contributed by atoms with Crippen molar-refractivity contribution < 1.29 is 4.74 Å². The number of hydrogen-bond donors (Lipinski definition) is 1. The third kappa shape index (κ3) is 4.58. The van der Waals surface area contributed by atoms with Crippen LogP contribution in [0, 0.1) is 0 Å². The molecule has 2 aromatic carbocycles. The molecule has 0 aliphatic heterocycles. The minimum Gasteiger partial charge on any atom is -0.493 e. The molecule has 98 valence electrons. The Morgan fingerprint density at radius 3 is 2.37 bits per heavy atom. The molecule has 2 N–H and O–H groups in total. The number of ether oxygens (including phenoxy) is 1. The van der Waals surface area contributed by atoms with E-state index < -0.39 is 0 Å². The van der Waals surface area contributed by atoms with Crippen LogP contribution < -0.4 is 10.5 Å². The monoisotopic (exact) mass is 289 g/mol. The van der Waals surface area contributed by atoms with Crippen molar-refractivity contribution >= 4 is 29.0 Å².